The molecule has 4 aromatic rings. The largest absolute Gasteiger partial charge is 0.492 e. The minimum absolute atomic E-state index is 0.260. The van der Waals surface area contributed by atoms with Gasteiger partial charge in [0.2, 0.25) is 0 Å². The van der Waals surface area contributed by atoms with Gasteiger partial charge in [0.05, 0.1) is 35.0 Å². The lowest BCUT2D eigenvalue weighted by molar-refractivity contribution is 0.0909. The molecule has 0 aliphatic rings. The highest BCUT2D eigenvalue weighted by atomic mass is 35.5. The van der Waals surface area contributed by atoms with Gasteiger partial charge in [-0.15, -0.1) is 0 Å². The van der Waals surface area contributed by atoms with Crippen molar-refractivity contribution in [2.24, 2.45) is 0 Å². The molecule has 6 nitrogen and oxygen atoms in total. The lowest BCUT2D eigenvalue weighted by atomic mass is 10.2. The molecule has 0 aliphatic heterocycles. The topological polar surface area (TPSA) is 69.3 Å². The highest BCUT2D eigenvalue weighted by molar-refractivity contribution is 6.32. The summed E-state index contributed by atoms with van der Waals surface area (Å²) in [6, 6.07) is 18.5. The lowest BCUT2D eigenvalue weighted by Crippen LogP contribution is -2.28. The fraction of sp³-hybridized carbons (Fsp3) is 0.250. The van der Waals surface area contributed by atoms with Gasteiger partial charge in [0, 0.05) is 6.54 Å². The third kappa shape index (κ3) is 4.91. The zero-order chi connectivity index (χ0) is 21.6. The van der Waals surface area contributed by atoms with Crippen LogP contribution in [0.4, 0.5) is 0 Å². The molecule has 2 aromatic carbocycles. The number of halogens is 1. The van der Waals surface area contributed by atoms with Crippen LogP contribution in [0.25, 0.3) is 11.0 Å². The van der Waals surface area contributed by atoms with E-state index in [2.05, 4.69) is 9.88 Å². The van der Waals surface area contributed by atoms with Gasteiger partial charge < -0.3 is 19.0 Å². The van der Waals surface area contributed by atoms with Crippen molar-refractivity contribution in [3.05, 3.63) is 83.5 Å². The van der Waals surface area contributed by atoms with Crippen LogP contribution in [0.5, 0.6) is 5.75 Å². The van der Waals surface area contributed by atoms with E-state index in [9.17, 15) is 4.79 Å². The van der Waals surface area contributed by atoms with Gasteiger partial charge in [-0.3, -0.25) is 4.79 Å². The Morgan fingerprint density at radius 1 is 1.13 bits per heavy atom. The van der Waals surface area contributed by atoms with Crippen LogP contribution in [0.15, 0.2) is 71.3 Å². The number of nitrogens with zero attached hydrogens (tertiary/aromatic N) is 2. The minimum Gasteiger partial charge on any atom is -0.492 e. The van der Waals surface area contributed by atoms with Gasteiger partial charge in [-0.25, -0.2) is 4.98 Å². The van der Waals surface area contributed by atoms with E-state index in [0.29, 0.717) is 17.4 Å². The summed E-state index contributed by atoms with van der Waals surface area (Å²) in [5, 5.41) is 3.59. The molecular weight excluding hydrogens is 414 g/mol. The molecular formula is C24H24ClN3O3. The Morgan fingerprint density at radius 2 is 1.94 bits per heavy atom. The summed E-state index contributed by atoms with van der Waals surface area (Å²) in [6.45, 7) is 3.28. The number of rotatable bonds is 9. The second-order valence-electron chi connectivity index (χ2n) is 7.27. The molecule has 0 fully saturated rings. The molecule has 7 heteroatoms. The van der Waals surface area contributed by atoms with Crippen molar-refractivity contribution < 1.29 is 13.9 Å². The first-order chi connectivity index (χ1) is 15.1. The van der Waals surface area contributed by atoms with Crippen molar-refractivity contribution in [2.75, 3.05) is 6.61 Å². The average Bonchev–Trinajstić information content (AvgIpc) is 3.43. The summed E-state index contributed by atoms with van der Waals surface area (Å²) in [6.07, 6.45) is 3.25. The number of para-hydroxylation sites is 3. The Bertz CT molecular complexity index is 1150. The SMILES string of the molecule is C[C@@H](NC(=O)c1ccco1)c1nc2ccccc2n1CCCCOc1ccccc1Cl. The van der Waals surface area contributed by atoms with E-state index in [0.717, 1.165) is 36.2 Å². The second kappa shape index (κ2) is 9.71. The number of aryl methyl sites for hydroxylation is 1. The van der Waals surface area contributed by atoms with Crippen LogP contribution < -0.4 is 10.1 Å². The summed E-state index contributed by atoms with van der Waals surface area (Å²) >= 11 is 6.14. The van der Waals surface area contributed by atoms with Crippen LogP contribution in [0.2, 0.25) is 5.02 Å². The highest BCUT2D eigenvalue weighted by Gasteiger charge is 2.20. The van der Waals surface area contributed by atoms with E-state index in [4.69, 9.17) is 25.7 Å². The first-order valence-electron chi connectivity index (χ1n) is 10.3. The van der Waals surface area contributed by atoms with Crippen LogP contribution in [-0.4, -0.2) is 22.1 Å². The Labute approximate surface area is 185 Å². The van der Waals surface area contributed by atoms with Gasteiger partial charge in [-0.2, -0.15) is 0 Å². The number of benzene rings is 2. The van der Waals surface area contributed by atoms with Gasteiger partial charge in [0.25, 0.3) is 5.91 Å². The molecule has 0 bridgehead atoms. The number of hydrogen-bond acceptors (Lipinski definition) is 4. The molecule has 2 aromatic heterocycles. The van der Waals surface area contributed by atoms with E-state index in [-0.39, 0.29) is 17.7 Å². The van der Waals surface area contributed by atoms with Gasteiger partial charge in [-0.1, -0.05) is 35.9 Å². The summed E-state index contributed by atoms with van der Waals surface area (Å²) in [5.41, 5.74) is 1.95. The fourth-order valence-electron chi connectivity index (χ4n) is 3.52. The quantitative estimate of drug-likeness (QED) is 0.344. The van der Waals surface area contributed by atoms with Crippen molar-refractivity contribution in [1.82, 2.24) is 14.9 Å². The van der Waals surface area contributed by atoms with Crippen molar-refractivity contribution in [1.29, 1.82) is 0 Å². The third-order valence-electron chi connectivity index (χ3n) is 5.03. The van der Waals surface area contributed by atoms with Gasteiger partial charge in [0.1, 0.15) is 11.6 Å². The van der Waals surface area contributed by atoms with E-state index in [1.54, 1.807) is 12.1 Å². The average molecular weight is 438 g/mol. The number of imidazole rings is 1. The summed E-state index contributed by atoms with van der Waals surface area (Å²) in [5.74, 6) is 1.54. The van der Waals surface area contributed by atoms with Crippen molar-refractivity contribution in [2.45, 2.75) is 32.4 Å². The summed E-state index contributed by atoms with van der Waals surface area (Å²) < 4.78 is 13.2. The summed E-state index contributed by atoms with van der Waals surface area (Å²) in [7, 11) is 0. The van der Waals surface area contributed by atoms with E-state index in [1.807, 2.05) is 55.5 Å². The normalized spacial score (nSPS) is 12.1. The van der Waals surface area contributed by atoms with Gasteiger partial charge >= 0.3 is 0 Å². The van der Waals surface area contributed by atoms with Crippen LogP contribution in [0.3, 0.4) is 0 Å². The first-order valence-corrected chi connectivity index (χ1v) is 10.7. The van der Waals surface area contributed by atoms with E-state index in [1.165, 1.54) is 6.26 Å². The van der Waals surface area contributed by atoms with E-state index < -0.39 is 0 Å². The number of furan rings is 1. The molecule has 1 atom stereocenters. The maximum Gasteiger partial charge on any atom is 0.287 e. The van der Waals surface area contributed by atoms with Crippen LogP contribution >= 0.6 is 11.6 Å². The van der Waals surface area contributed by atoms with Crippen molar-refractivity contribution >= 4 is 28.5 Å². The standard InChI is InChI=1S/C24H24ClN3O3/c1-17(26-24(29)22-13-8-16-31-22)23-27-19-10-3-4-11-20(19)28(23)14-6-7-15-30-21-12-5-2-9-18(21)25/h2-5,8-13,16-17H,6-7,14-15H2,1H3,(H,26,29)/t17-/m1/s1. The fourth-order valence-corrected chi connectivity index (χ4v) is 3.71. The molecule has 0 saturated heterocycles. The number of amides is 1. The first kappa shape index (κ1) is 21.0. The Hall–Kier alpha value is -3.25. The molecule has 0 spiro atoms. The number of fused-ring (bicyclic) bond motifs is 1. The number of hydrogen-bond donors (Lipinski definition) is 1. The number of nitrogens with one attached hydrogen (secondary N) is 1. The molecule has 1 amide bonds. The minimum atomic E-state index is -0.274. The smallest absolute Gasteiger partial charge is 0.287 e. The summed E-state index contributed by atoms with van der Waals surface area (Å²) in [4.78, 5) is 17.2. The van der Waals surface area contributed by atoms with Crippen LogP contribution in [-0.2, 0) is 6.54 Å². The monoisotopic (exact) mass is 437 g/mol. The number of unbranched alkanes of at least 4 members (excludes halogenated alkanes) is 1. The molecule has 0 unspecified atom stereocenters. The zero-order valence-electron chi connectivity index (χ0n) is 17.3. The van der Waals surface area contributed by atoms with Gasteiger partial charge in [-0.05, 0) is 56.2 Å². The van der Waals surface area contributed by atoms with Crippen molar-refractivity contribution in [3.63, 3.8) is 0 Å². The van der Waals surface area contributed by atoms with Crippen LogP contribution in [0.1, 0.15) is 42.2 Å². The van der Waals surface area contributed by atoms with Crippen LogP contribution in [0, 0.1) is 0 Å². The molecule has 0 aliphatic carbocycles. The Balaban J connectivity index is 1.42. The Morgan fingerprint density at radius 3 is 2.74 bits per heavy atom. The predicted molar refractivity (Wildman–Crippen MR) is 121 cm³/mol. The van der Waals surface area contributed by atoms with Crippen molar-refractivity contribution in [3.8, 4) is 5.75 Å². The number of carbonyl (C=O) groups is 1. The molecule has 160 valence electrons. The molecule has 31 heavy (non-hydrogen) atoms. The maximum atomic E-state index is 12.4. The van der Waals surface area contributed by atoms with Gasteiger partial charge in [0.15, 0.2) is 5.76 Å². The predicted octanol–water partition coefficient (Wildman–Crippen LogP) is 5.63. The molecule has 4 rings (SSSR count). The third-order valence-corrected chi connectivity index (χ3v) is 5.35. The molecule has 2 heterocycles. The zero-order valence-corrected chi connectivity index (χ0v) is 18.0. The second-order valence-corrected chi connectivity index (χ2v) is 7.68. The number of aromatic nitrogens is 2. The molecule has 0 radical (unpaired) electrons. The highest BCUT2D eigenvalue weighted by Crippen LogP contribution is 2.24. The molecule has 0 saturated carbocycles. The number of ether oxygens (including phenoxy) is 1. The lowest BCUT2D eigenvalue weighted by Gasteiger charge is -2.16. The van der Waals surface area contributed by atoms with E-state index >= 15 is 0 Å². The maximum absolute atomic E-state index is 12.4. The molecule has 1 N–H and O–H groups in total. The Kier molecular flexibility index (Phi) is 6.57. The number of carbonyl (C=O) groups excluding carboxylic acids is 1.